The highest BCUT2D eigenvalue weighted by molar-refractivity contribution is 7.18. The van der Waals surface area contributed by atoms with Gasteiger partial charge in [-0.15, -0.1) is 10.2 Å². The molecule has 2 amide bonds. The molecule has 0 unspecified atom stereocenters. The maximum absolute atomic E-state index is 13.0. The molecular formula is C27H19N5O4S. The van der Waals surface area contributed by atoms with Crippen LogP contribution in [0.4, 0.5) is 16.5 Å². The van der Waals surface area contributed by atoms with E-state index in [4.69, 9.17) is 0 Å². The number of nitrogens with zero attached hydrogens (tertiary/aromatic N) is 3. The summed E-state index contributed by atoms with van der Waals surface area (Å²) in [6.07, 6.45) is 0.159. The van der Waals surface area contributed by atoms with Crippen molar-refractivity contribution in [3.8, 4) is 10.6 Å². The zero-order valence-corrected chi connectivity index (χ0v) is 20.1. The Morgan fingerprint density at radius 1 is 0.838 bits per heavy atom. The van der Waals surface area contributed by atoms with Crippen molar-refractivity contribution < 1.29 is 14.5 Å². The minimum atomic E-state index is -0.478. The summed E-state index contributed by atoms with van der Waals surface area (Å²) in [5.41, 5.74) is 2.17. The summed E-state index contributed by atoms with van der Waals surface area (Å²) >= 11 is 1.13. The lowest BCUT2D eigenvalue weighted by atomic mass is 10.0. The Labute approximate surface area is 215 Å². The van der Waals surface area contributed by atoms with Crippen LogP contribution >= 0.6 is 11.3 Å². The number of anilines is 2. The first-order valence-corrected chi connectivity index (χ1v) is 12.0. The van der Waals surface area contributed by atoms with Gasteiger partial charge >= 0.3 is 0 Å². The number of nitrogens with one attached hydrogen (secondary N) is 2. The number of amides is 2. The van der Waals surface area contributed by atoms with Gasteiger partial charge in [-0.1, -0.05) is 65.9 Å². The van der Waals surface area contributed by atoms with Crippen LogP contribution in [0.15, 0.2) is 91.0 Å². The molecule has 1 heterocycles. The van der Waals surface area contributed by atoms with Crippen molar-refractivity contribution >= 4 is 50.4 Å². The number of benzene rings is 4. The maximum Gasteiger partial charge on any atom is 0.269 e. The molecule has 0 spiro atoms. The fourth-order valence-electron chi connectivity index (χ4n) is 3.88. The number of nitro benzene ring substituents is 1. The van der Waals surface area contributed by atoms with E-state index in [9.17, 15) is 19.7 Å². The fraction of sp³-hybridized carbons (Fsp3) is 0.0370. The second-order valence-corrected chi connectivity index (χ2v) is 9.06. The van der Waals surface area contributed by atoms with Crippen molar-refractivity contribution in [2.75, 3.05) is 10.6 Å². The van der Waals surface area contributed by atoms with Crippen molar-refractivity contribution in [3.63, 3.8) is 0 Å². The molecule has 2 N–H and O–H groups in total. The lowest BCUT2D eigenvalue weighted by Crippen LogP contribution is -2.19. The largest absolute Gasteiger partial charge is 0.325 e. The number of aromatic nitrogens is 2. The third kappa shape index (κ3) is 5.34. The normalized spacial score (nSPS) is 10.7. The first-order chi connectivity index (χ1) is 18.0. The Morgan fingerprint density at radius 3 is 2.38 bits per heavy atom. The molecule has 1 aromatic heterocycles. The van der Waals surface area contributed by atoms with E-state index in [-0.39, 0.29) is 28.7 Å². The summed E-state index contributed by atoms with van der Waals surface area (Å²) in [6, 6.07) is 26.3. The van der Waals surface area contributed by atoms with Gasteiger partial charge in [0.1, 0.15) is 5.01 Å². The van der Waals surface area contributed by atoms with Crippen LogP contribution in [0.2, 0.25) is 0 Å². The lowest BCUT2D eigenvalue weighted by molar-refractivity contribution is -0.384. The van der Waals surface area contributed by atoms with Gasteiger partial charge < -0.3 is 5.32 Å². The van der Waals surface area contributed by atoms with Crippen molar-refractivity contribution in [1.29, 1.82) is 0 Å². The van der Waals surface area contributed by atoms with E-state index in [0.29, 0.717) is 16.3 Å². The van der Waals surface area contributed by atoms with Crippen LogP contribution < -0.4 is 10.6 Å². The lowest BCUT2D eigenvalue weighted by Gasteiger charge is -2.11. The Kier molecular flexibility index (Phi) is 6.64. The highest BCUT2D eigenvalue weighted by Gasteiger charge is 2.17. The van der Waals surface area contributed by atoms with Gasteiger partial charge in [0.05, 0.1) is 22.6 Å². The van der Waals surface area contributed by atoms with Crippen LogP contribution in [0.25, 0.3) is 21.3 Å². The Balaban J connectivity index is 1.29. The second-order valence-electron chi connectivity index (χ2n) is 8.08. The summed E-state index contributed by atoms with van der Waals surface area (Å²) in [5, 5.41) is 27.3. The number of hydrogen-bond donors (Lipinski definition) is 2. The molecule has 0 saturated heterocycles. The molecule has 10 heteroatoms. The summed E-state index contributed by atoms with van der Waals surface area (Å²) < 4.78 is 0. The van der Waals surface area contributed by atoms with Crippen LogP contribution in [-0.2, 0) is 11.2 Å². The summed E-state index contributed by atoms with van der Waals surface area (Å²) in [5.74, 6) is -0.694. The number of hydrogen-bond acceptors (Lipinski definition) is 7. The Morgan fingerprint density at radius 2 is 1.57 bits per heavy atom. The number of para-hydroxylation sites is 1. The molecule has 5 aromatic rings. The second kappa shape index (κ2) is 10.3. The zero-order chi connectivity index (χ0) is 25.8. The fourth-order valence-corrected chi connectivity index (χ4v) is 4.63. The predicted molar refractivity (Wildman–Crippen MR) is 143 cm³/mol. The van der Waals surface area contributed by atoms with Crippen molar-refractivity contribution in [3.05, 3.63) is 112 Å². The third-order valence-corrected chi connectivity index (χ3v) is 6.54. The Hall–Kier alpha value is -4.96. The van der Waals surface area contributed by atoms with E-state index in [1.54, 1.807) is 36.4 Å². The monoisotopic (exact) mass is 509 g/mol. The van der Waals surface area contributed by atoms with Crippen molar-refractivity contribution in [2.45, 2.75) is 6.42 Å². The number of carbonyl (C=O) groups excluding carboxylic acids is 2. The molecule has 4 aromatic carbocycles. The number of non-ortho nitro benzene ring substituents is 1. The van der Waals surface area contributed by atoms with E-state index < -0.39 is 10.8 Å². The molecule has 0 aliphatic carbocycles. The number of rotatable bonds is 7. The van der Waals surface area contributed by atoms with Gasteiger partial charge in [-0.25, -0.2) is 0 Å². The van der Waals surface area contributed by atoms with E-state index >= 15 is 0 Å². The molecule has 0 fully saturated rings. The summed E-state index contributed by atoms with van der Waals surface area (Å²) in [7, 11) is 0. The van der Waals surface area contributed by atoms with E-state index in [1.807, 2.05) is 42.5 Å². The molecule has 0 aliphatic heterocycles. The molecule has 0 aliphatic rings. The molecule has 0 saturated carbocycles. The van der Waals surface area contributed by atoms with Gasteiger partial charge in [-0.2, -0.15) is 0 Å². The highest BCUT2D eigenvalue weighted by Crippen LogP contribution is 2.28. The van der Waals surface area contributed by atoms with Gasteiger partial charge in [-0.3, -0.25) is 25.0 Å². The van der Waals surface area contributed by atoms with Gasteiger partial charge in [0, 0.05) is 17.7 Å². The first kappa shape index (κ1) is 23.8. The minimum absolute atomic E-state index is 0.0269. The average Bonchev–Trinajstić information content (AvgIpc) is 3.37. The number of nitro groups is 1. The van der Waals surface area contributed by atoms with Crippen molar-refractivity contribution in [1.82, 2.24) is 10.2 Å². The zero-order valence-electron chi connectivity index (χ0n) is 19.3. The molecule has 5 rings (SSSR count). The molecule has 0 radical (unpaired) electrons. The van der Waals surface area contributed by atoms with Crippen LogP contribution in [-0.4, -0.2) is 26.9 Å². The van der Waals surface area contributed by atoms with Crippen LogP contribution in [0.3, 0.4) is 0 Å². The SMILES string of the molecule is O=C(Cc1cccc2ccccc12)Nc1ccccc1C(=O)Nc1nnc(-c2ccc([N+](=O)[O-])cc2)s1. The van der Waals surface area contributed by atoms with Crippen LogP contribution in [0.1, 0.15) is 15.9 Å². The van der Waals surface area contributed by atoms with E-state index in [0.717, 1.165) is 27.7 Å². The summed E-state index contributed by atoms with van der Waals surface area (Å²) in [4.78, 5) is 36.3. The summed E-state index contributed by atoms with van der Waals surface area (Å²) in [6.45, 7) is 0. The quantitative estimate of drug-likeness (QED) is 0.214. The smallest absolute Gasteiger partial charge is 0.269 e. The molecule has 182 valence electrons. The van der Waals surface area contributed by atoms with E-state index in [2.05, 4.69) is 20.8 Å². The van der Waals surface area contributed by atoms with Crippen LogP contribution in [0.5, 0.6) is 0 Å². The van der Waals surface area contributed by atoms with Crippen molar-refractivity contribution in [2.24, 2.45) is 0 Å². The molecule has 0 bridgehead atoms. The van der Waals surface area contributed by atoms with Gasteiger partial charge in [-0.05, 0) is 40.6 Å². The number of fused-ring (bicyclic) bond motifs is 1. The topological polar surface area (TPSA) is 127 Å². The average molecular weight is 510 g/mol. The maximum atomic E-state index is 13.0. The standard InChI is InChI=1S/C27H19N5O4S/c33-24(16-19-8-5-7-17-6-1-2-9-21(17)19)28-23-11-4-3-10-22(23)25(34)29-27-31-30-26(37-27)18-12-14-20(15-13-18)32(35)36/h1-15H,16H2,(H,28,33)(H,29,31,34). The van der Waals surface area contributed by atoms with Gasteiger partial charge in [0.15, 0.2) is 0 Å². The van der Waals surface area contributed by atoms with Crippen LogP contribution in [0, 0.1) is 10.1 Å². The Bertz CT molecular complexity index is 1630. The van der Waals surface area contributed by atoms with E-state index in [1.165, 1.54) is 12.1 Å². The minimum Gasteiger partial charge on any atom is -0.325 e. The predicted octanol–water partition coefficient (Wildman–Crippen LogP) is 5.70. The number of carbonyl (C=O) groups is 2. The van der Waals surface area contributed by atoms with Gasteiger partial charge in [0.25, 0.3) is 11.6 Å². The third-order valence-electron chi connectivity index (χ3n) is 5.65. The molecule has 37 heavy (non-hydrogen) atoms. The molecule has 9 nitrogen and oxygen atoms in total. The molecular weight excluding hydrogens is 490 g/mol. The highest BCUT2D eigenvalue weighted by atomic mass is 32.1. The molecule has 0 atom stereocenters. The first-order valence-electron chi connectivity index (χ1n) is 11.2. The van der Waals surface area contributed by atoms with Gasteiger partial charge in [0.2, 0.25) is 11.0 Å².